The number of esters is 1. The van der Waals surface area contributed by atoms with Crippen molar-refractivity contribution in [1.82, 2.24) is 9.62 Å². The van der Waals surface area contributed by atoms with Crippen molar-refractivity contribution in [2.45, 2.75) is 43.9 Å². The number of aliphatic hydroxyl groups is 1. The van der Waals surface area contributed by atoms with Gasteiger partial charge >= 0.3 is 5.97 Å². The van der Waals surface area contributed by atoms with Crippen molar-refractivity contribution in [2.75, 3.05) is 13.2 Å². The number of nitrogens with one attached hydrogen (secondary N) is 1. The van der Waals surface area contributed by atoms with Gasteiger partial charge in [0, 0.05) is 19.5 Å². The predicted octanol–water partition coefficient (Wildman–Crippen LogP) is 1.29. The summed E-state index contributed by atoms with van der Waals surface area (Å²) in [4.78, 5) is 24.6. The van der Waals surface area contributed by atoms with Gasteiger partial charge in [-0.05, 0) is 42.7 Å². The van der Waals surface area contributed by atoms with Gasteiger partial charge in [0.15, 0.2) is 6.61 Å². The summed E-state index contributed by atoms with van der Waals surface area (Å²) in [6.07, 6.45) is -1.08. The predicted molar refractivity (Wildman–Crippen MR) is 113 cm³/mol. The van der Waals surface area contributed by atoms with E-state index in [-0.39, 0.29) is 24.4 Å². The highest BCUT2D eigenvalue weighted by Crippen LogP contribution is 2.28. The minimum atomic E-state index is -4.02. The third kappa shape index (κ3) is 5.49. The Hall–Kier alpha value is -2.75. The second-order valence-corrected chi connectivity index (χ2v) is 9.49. The lowest BCUT2D eigenvalue weighted by molar-refractivity contribution is -0.151. The van der Waals surface area contributed by atoms with Crippen LogP contribution in [0, 0.1) is 13.8 Å². The average Bonchev–Trinajstić information content (AvgIpc) is 3.16. The minimum Gasteiger partial charge on any atom is -0.454 e. The summed E-state index contributed by atoms with van der Waals surface area (Å²) in [7, 11) is -4.02. The Morgan fingerprint density at radius 1 is 1.13 bits per heavy atom. The molecule has 2 aromatic carbocycles. The number of aryl methyl sites for hydroxylation is 2. The molecule has 0 aliphatic carbocycles. The molecule has 0 bridgehead atoms. The summed E-state index contributed by atoms with van der Waals surface area (Å²) in [6.45, 7) is 3.21. The number of amides is 1. The molecule has 2 aromatic rings. The molecule has 1 heterocycles. The van der Waals surface area contributed by atoms with Crippen LogP contribution < -0.4 is 5.32 Å². The Bertz CT molecular complexity index is 1050. The zero-order valence-electron chi connectivity index (χ0n) is 17.4. The minimum absolute atomic E-state index is 0.0445. The van der Waals surface area contributed by atoms with E-state index in [0.717, 1.165) is 21.0 Å². The average molecular weight is 447 g/mol. The second kappa shape index (κ2) is 9.59. The Morgan fingerprint density at radius 2 is 1.84 bits per heavy atom. The smallest absolute Gasteiger partial charge is 0.325 e. The number of benzene rings is 2. The molecule has 2 unspecified atom stereocenters. The zero-order chi connectivity index (χ0) is 22.6. The van der Waals surface area contributed by atoms with Crippen LogP contribution in [0.15, 0.2) is 53.4 Å². The van der Waals surface area contributed by atoms with Crippen LogP contribution in [0.4, 0.5) is 0 Å². The van der Waals surface area contributed by atoms with Gasteiger partial charge in [-0.1, -0.05) is 36.4 Å². The Morgan fingerprint density at radius 3 is 2.52 bits per heavy atom. The highest BCUT2D eigenvalue weighted by molar-refractivity contribution is 7.89. The summed E-state index contributed by atoms with van der Waals surface area (Å²) < 4.78 is 32.2. The van der Waals surface area contributed by atoms with Crippen molar-refractivity contribution in [3.05, 3.63) is 65.2 Å². The first kappa shape index (κ1) is 22.9. The summed E-state index contributed by atoms with van der Waals surface area (Å²) in [5.41, 5.74) is 2.64. The molecule has 0 aromatic heterocycles. The summed E-state index contributed by atoms with van der Waals surface area (Å²) in [6, 6.07) is 12.8. The maximum Gasteiger partial charge on any atom is 0.325 e. The number of hydrogen-bond acceptors (Lipinski definition) is 6. The summed E-state index contributed by atoms with van der Waals surface area (Å²) >= 11 is 0. The van der Waals surface area contributed by atoms with Crippen LogP contribution in [0.5, 0.6) is 0 Å². The SMILES string of the molecule is Cc1ccc(S(=O)(=O)N2CC(O)CC2C(=O)OCC(=O)NCc2ccccc2)cc1C. The topological polar surface area (TPSA) is 113 Å². The van der Waals surface area contributed by atoms with Crippen molar-refractivity contribution < 1.29 is 27.9 Å². The van der Waals surface area contributed by atoms with Crippen LogP contribution >= 0.6 is 0 Å². The van der Waals surface area contributed by atoms with Crippen molar-refractivity contribution in [2.24, 2.45) is 0 Å². The molecule has 9 heteroatoms. The number of β-amino-alcohol motifs (C(OH)–C–C–N with tert-alkyl or cyclic N) is 1. The number of hydrogen-bond donors (Lipinski definition) is 2. The fraction of sp³-hybridized carbons (Fsp3) is 0.364. The molecule has 0 saturated carbocycles. The van der Waals surface area contributed by atoms with Gasteiger partial charge in [-0.25, -0.2) is 8.42 Å². The van der Waals surface area contributed by atoms with Crippen LogP contribution in [0.2, 0.25) is 0 Å². The van der Waals surface area contributed by atoms with Crippen molar-refractivity contribution in [1.29, 1.82) is 0 Å². The molecule has 1 aliphatic heterocycles. The first-order chi connectivity index (χ1) is 14.7. The van der Waals surface area contributed by atoms with Gasteiger partial charge in [0.2, 0.25) is 10.0 Å². The van der Waals surface area contributed by atoms with E-state index in [1.807, 2.05) is 37.3 Å². The molecule has 1 fully saturated rings. The first-order valence-electron chi connectivity index (χ1n) is 9.93. The quantitative estimate of drug-likeness (QED) is 0.620. The van der Waals surface area contributed by atoms with Crippen LogP contribution in [0.25, 0.3) is 0 Å². The van der Waals surface area contributed by atoms with Gasteiger partial charge in [0.1, 0.15) is 6.04 Å². The highest BCUT2D eigenvalue weighted by Gasteiger charge is 2.44. The molecular weight excluding hydrogens is 420 g/mol. The van der Waals surface area contributed by atoms with E-state index in [9.17, 15) is 23.1 Å². The summed E-state index contributed by atoms with van der Waals surface area (Å²) in [5.74, 6) is -1.36. The number of carbonyl (C=O) groups is 2. The van der Waals surface area contributed by atoms with Gasteiger partial charge in [-0.3, -0.25) is 9.59 Å². The molecule has 2 atom stereocenters. The van der Waals surface area contributed by atoms with Gasteiger partial charge in [0.25, 0.3) is 5.91 Å². The molecule has 1 amide bonds. The molecule has 8 nitrogen and oxygen atoms in total. The van der Waals surface area contributed by atoms with E-state index in [2.05, 4.69) is 5.32 Å². The molecule has 3 rings (SSSR count). The molecule has 1 aliphatic rings. The number of ether oxygens (including phenoxy) is 1. The monoisotopic (exact) mass is 446 g/mol. The number of carbonyl (C=O) groups excluding carboxylic acids is 2. The van der Waals surface area contributed by atoms with E-state index in [1.165, 1.54) is 12.1 Å². The lowest BCUT2D eigenvalue weighted by atomic mass is 10.1. The molecule has 0 spiro atoms. The lowest BCUT2D eigenvalue weighted by Gasteiger charge is -2.22. The third-order valence-electron chi connectivity index (χ3n) is 5.27. The largest absolute Gasteiger partial charge is 0.454 e. The molecular formula is C22H26N2O6S. The zero-order valence-corrected chi connectivity index (χ0v) is 18.3. The van der Waals surface area contributed by atoms with E-state index in [1.54, 1.807) is 13.0 Å². The Balaban J connectivity index is 1.63. The first-order valence-corrected chi connectivity index (χ1v) is 11.4. The van der Waals surface area contributed by atoms with E-state index in [0.29, 0.717) is 0 Å². The van der Waals surface area contributed by atoms with Gasteiger partial charge in [-0.2, -0.15) is 4.31 Å². The van der Waals surface area contributed by atoms with Crippen molar-refractivity contribution >= 4 is 21.9 Å². The standard InChI is InChI=1S/C22H26N2O6S/c1-15-8-9-19(10-16(15)2)31(28,29)24-13-18(25)11-20(24)22(27)30-14-21(26)23-12-17-6-4-3-5-7-17/h3-10,18,20,25H,11-14H2,1-2H3,(H,23,26). The number of rotatable bonds is 7. The normalized spacial score (nSPS) is 19.2. The highest BCUT2D eigenvalue weighted by atomic mass is 32.2. The molecule has 1 saturated heterocycles. The Labute approximate surface area is 181 Å². The molecule has 31 heavy (non-hydrogen) atoms. The number of sulfonamides is 1. The van der Waals surface area contributed by atoms with Gasteiger partial charge < -0.3 is 15.2 Å². The third-order valence-corrected chi connectivity index (χ3v) is 7.14. The maximum absolute atomic E-state index is 13.1. The van der Waals surface area contributed by atoms with E-state index >= 15 is 0 Å². The van der Waals surface area contributed by atoms with Gasteiger partial charge in [-0.15, -0.1) is 0 Å². The molecule has 2 N–H and O–H groups in total. The fourth-order valence-electron chi connectivity index (χ4n) is 3.35. The number of aliphatic hydroxyl groups excluding tert-OH is 1. The Kier molecular flexibility index (Phi) is 7.09. The van der Waals surface area contributed by atoms with Crippen molar-refractivity contribution in [3.8, 4) is 0 Å². The molecule has 0 radical (unpaired) electrons. The van der Waals surface area contributed by atoms with Crippen molar-refractivity contribution in [3.63, 3.8) is 0 Å². The van der Waals surface area contributed by atoms with Crippen LogP contribution in [-0.4, -0.2) is 55.0 Å². The maximum atomic E-state index is 13.1. The van der Waals surface area contributed by atoms with E-state index < -0.39 is 40.7 Å². The lowest BCUT2D eigenvalue weighted by Crippen LogP contribution is -2.42. The van der Waals surface area contributed by atoms with Crippen LogP contribution in [0.3, 0.4) is 0 Å². The second-order valence-electron chi connectivity index (χ2n) is 7.60. The fourth-order valence-corrected chi connectivity index (χ4v) is 5.07. The van der Waals surface area contributed by atoms with E-state index in [4.69, 9.17) is 4.74 Å². The summed E-state index contributed by atoms with van der Waals surface area (Å²) in [5, 5.41) is 12.7. The van der Waals surface area contributed by atoms with Gasteiger partial charge in [0.05, 0.1) is 11.0 Å². The van der Waals surface area contributed by atoms with Crippen LogP contribution in [0.1, 0.15) is 23.1 Å². The molecule has 166 valence electrons. The van der Waals surface area contributed by atoms with Crippen LogP contribution in [-0.2, 0) is 30.9 Å². The number of nitrogens with zero attached hydrogens (tertiary/aromatic N) is 1.